The molecule has 0 amide bonds. The van der Waals surface area contributed by atoms with Gasteiger partial charge >= 0.3 is 11.9 Å². The van der Waals surface area contributed by atoms with Gasteiger partial charge in [0.15, 0.2) is 5.78 Å². The third-order valence-electron chi connectivity index (χ3n) is 5.96. The molecular weight excluding hydrogens is 504 g/mol. The molecule has 1 atom stereocenters. The van der Waals surface area contributed by atoms with Gasteiger partial charge in [-0.15, -0.1) is 0 Å². The third kappa shape index (κ3) is 11.3. The number of aliphatic hydroxyl groups is 1. The normalized spacial score (nSPS) is 12.9. The maximum absolute atomic E-state index is 12.4. The van der Waals surface area contributed by atoms with Gasteiger partial charge in [-0.3, -0.25) is 4.79 Å². The number of esters is 1. The number of aromatic hydroxyl groups is 3. The van der Waals surface area contributed by atoms with E-state index in [2.05, 4.69) is 0 Å². The number of phenols is 3. The van der Waals surface area contributed by atoms with E-state index in [9.17, 15) is 39.9 Å². The summed E-state index contributed by atoms with van der Waals surface area (Å²) in [6.45, 7) is 1.88. The van der Waals surface area contributed by atoms with Crippen molar-refractivity contribution < 1.29 is 44.7 Å². The van der Waals surface area contributed by atoms with E-state index in [0.717, 1.165) is 29.3 Å². The molecular formula is C30H34O9. The fraction of sp³-hybridized carbons (Fsp3) is 0.300. The number of hydrogen-bond donors (Lipinski definition) is 5. The van der Waals surface area contributed by atoms with Crippen LogP contribution < -0.4 is 0 Å². The highest BCUT2D eigenvalue weighted by Crippen LogP contribution is 2.24. The Morgan fingerprint density at radius 1 is 0.974 bits per heavy atom. The first-order chi connectivity index (χ1) is 18.6. The summed E-state index contributed by atoms with van der Waals surface area (Å²) < 4.78 is 5.21. The topological polar surface area (TPSA) is 162 Å². The Hall–Kier alpha value is -4.37. The number of hydrogen-bond acceptors (Lipinski definition) is 8. The molecule has 0 heterocycles. The Kier molecular flexibility index (Phi) is 12.5. The number of rotatable bonds is 15. The highest BCUT2D eigenvalue weighted by molar-refractivity contribution is 6.10. The molecule has 0 spiro atoms. The Balaban J connectivity index is 1.78. The number of aliphatic hydroxyl groups excluding tert-OH is 1. The number of aliphatic carboxylic acids is 1. The zero-order valence-electron chi connectivity index (χ0n) is 21.7. The molecule has 208 valence electrons. The van der Waals surface area contributed by atoms with E-state index in [1.54, 1.807) is 18.2 Å². The molecule has 9 nitrogen and oxygen atoms in total. The summed E-state index contributed by atoms with van der Waals surface area (Å²) in [6, 6.07) is 9.81. The van der Waals surface area contributed by atoms with Crippen LogP contribution in [-0.4, -0.2) is 56.5 Å². The van der Waals surface area contributed by atoms with Gasteiger partial charge in [0.05, 0.1) is 5.56 Å². The second-order valence-corrected chi connectivity index (χ2v) is 9.14. The fourth-order valence-electron chi connectivity index (χ4n) is 3.71. The zero-order valence-corrected chi connectivity index (χ0v) is 21.7. The lowest BCUT2D eigenvalue weighted by Crippen LogP contribution is -2.09. The van der Waals surface area contributed by atoms with Crippen molar-refractivity contribution in [2.75, 3.05) is 13.2 Å². The fourth-order valence-corrected chi connectivity index (χ4v) is 3.71. The number of allylic oxidation sites excluding steroid dienone is 2. The predicted octanol–water partition coefficient (Wildman–Crippen LogP) is 4.76. The molecule has 0 aliphatic rings. The van der Waals surface area contributed by atoms with Crippen LogP contribution in [0.5, 0.6) is 17.2 Å². The van der Waals surface area contributed by atoms with Crippen molar-refractivity contribution in [3.63, 3.8) is 0 Å². The van der Waals surface area contributed by atoms with Crippen molar-refractivity contribution in [1.82, 2.24) is 0 Å². The summed E-state index contributed by atoms with van der Waals surface area (Å²) in [5.41, 5.74) is 1.28. The number of benzene rings is 2. The molecule has 0 bridgehead atoms. The van der Waals surface area contributed by atoms with Gasteiger partial charge in [-0.25, -0.2) is 9.59 Å². The second-order valence-electron chi connectivity index (χ2n) is 9.14. The van der Waals surface area contributed by atoms with E-state index in [1.807, 2.05) is 13.0 Å². The van der Waals surface area contributed by atoms with Gasteiger partial charge in [-0.1, -0.05) is 18.2 Å². The van der Waals surface area contributed by atoms with Gasteiger partial charge in [-0.2, -0.15) is 0 Å². The van der Waals surface area contributed by atoms with E-state index in [1.165, 1.54) is 24.3 Å². The minimum atomic E-state index is -1.26. The maximum Gasteiger partial charge on any atom is 0.331 e. The van der Waals surface area contributed by atoms with Crippen LogP contribution in [0, 0.1) is 5.92 Å². The van der Waals surface area contributed by atoms with Gasteiger partial charge in [0.1, 0.15) is 23.9 Å². The van der Waals surface area contributed by atoms with Gasteiger partial charge < -0.3 is 30.3 Å². The summed E-state index contributed by atoms with van der Waals surface area (Å²) >= 11 is 0. The van der Waals surface area contributed by atoms with Crippen LogP contribution in [0.1, 0.15) is 54.9 Å². The van der Waals surface area contributed by atoms with Gasteiger partial charge in [0.2, 0.25) is 0 Å². The molecule has 0 aromatic heterocycles. The minimum Gasteiger partial charge on any atom is -0.508 e. The molecule has 0 aliphatic carbocycles. The quantitative estimate of drug-likeness (QED) is 0.0708. The summed E-state index contributed by atoms with van der Waals surface area (Å²) in [6.07, 6.45) is 8.10. The molecule has 39 heavy (non-hydrogen) atoms. The first kappa shape index (κ1) is 30.9. The smallest absolute Gasteiger partial charge is 0.331 e. The summed E-state index contributed by atoms with van der Waals surface area (Å²) in [7, 11) is 0. The van der Waals surface area contributed by atoms with E-state index < -0.39 is 17.7 Å². The Bertz CT molecular complexity index is 1220. The zero-order chi connectivity index (χ0) is 28.8. The Labute approximate surface area is 227 Å². The van der Waals surface area contributed by atoms with Crippen LogP contribution in [-0.2, 0) is 14.3 Å². The predicted molar refractivity (Wildman–Crippen MR) is 145 cm³/mol. The standard InChI is InChI=1S/C30H34O9/c1-20(19-39-29(36)15-10-21-8-11-24(32)12-9-21)4-2-5-22(18-31)6-3-7-23(30(37)38)16-28(35)26-17-25(33)13-14-27(26)34/h4,8-17,22,31-34H,2-3,5-7,18-19H2,1H3,(H,37,38)/b15-10+,20-4+,23-16-. The second kappa shape index (κ2) is 15.8. The highest BCUT2D eigenvalue weighted by atomic mass is 16.5. The lowest BCUT2D eigenvalue weighted by atomic mass is 9.95. The number of carbonyl (C=O) groups is 3. The molecule has 2 rings (SSSR count). The van der Waals surface area contributed by atoms with Crippen molar-refractivity contribution in [1.29, 1.82) is 0 Å². The molecule has 2 aromatic rings. The molecule has 0 fully saturated rings. The Morgan fingerprint density at radius 3 is 2.33 bits per heavy atom. The first-order valence-corrected chi connectivity index (χ1v) is 12.5. The van der Waals surface area contributed by atoms with Crippen LogP contribution in [0.25, 0.3) is 6.08 Å². The number of carbonyl (C=O) groups excluding carboxylic acids is 2. The van der Waals surface area contributed by atoms with Gasteiger partial charge in [-0.05, 0) is 98.6 Å². The number of ether oxygens (including phenoxy) is 1. The Morgan fingerprint density at radius 2 is 1.67 bits per heavy atom. The van der Waals surface area contributed by atoms with Crippen molar-refractivity contribution in [3.05, 3.63) is 83.0 Å². The summed E-state index contributed by atoms with van der Waals surface area (Å²) in [5.74, 6) is -3.00. The average molecular weight is 539 g/mol. The molecule has 5 N–H and O–H groups in total. The lowest BCUT2D eigenvalue weighted by molar-refractivity contribution is -0.136. The number of ketones is 1. The van der Waals surface area contributed by atoms with Crippen LogP contribution in [0.4, 0.5) is 0 Å². The largest absolute Gasteiger partial charge is 0.508 e. The van der Waals surface area contributed by atoms with Gasteiger partial charge in [0.25, 0.3) is 0 Å². The highest BCUT2D eigenvalue weighted by Gasteiger charge is 2.16. The lowest BCUT2D eigenvalue weighted by Gasteiger charge is -2.13. The summed E-state index contributed by atoms with van der Waals surface area (Å²) in [5, 5.41) is 47.8. The van der Waals surface area contributed by atoms with Crippen molar-refractivity contribution in [2.45, 2.75) is 39.0 Å². The SMILES string of the molecule is C/C(=C\CCC(CO)CCC/C(=C/C(=O)c1cc(O)ccc1O)C(=O)O)COC(=O)/C=C/c1ccc(O)cc1. The molecule has 0 saturated heterocycles. The van der Waals surface area contributed by atoms with Crippen molar-refractivity contribution in [3.8, 4) is 17.2 Å². The van der Waals surface area contributed by atoms with Crippen LogP contribution in [0.15, 0.2) is 71.8 Å². The van der Waals surface area contributed by atoms with Crippen molar-refractivity contribution in [2.24, 2.45) is 5.92 Å². The third-order valence-corrected chi connectivity index (χ3v) is 5.96. The number of carboxylic acids is 1. The molecule has 0 aliphatic heterocycles. The average Bonchev–Trinajstić information content (AvgIpc) is 2.91. The molecule has 0 radical (unpaired) electrons. The van der Waals surface area contributed by atoms with Gasteiger partial charge in [0, 0.05) is 18.3 Å². The van der Waals surface area contributed by atoms with E-state index in [-0.39, 0.29) is 53.9 Å². The van der Waals surface area contributed by atoms with Crippen molar-refractivity contribution >= 4 is 23.8 Å². The monoisotopic (exact) mass is 538 g/mol. The van der Waals surface area contributed by atoms with Crippen LogP contribution in [0.2, 0.25) is 0 Å². The first-order valence-electron chi connectivity index (χ1n) is 12.5. The number of phenolic OH excluding ortho intramolecular Hbond substituents is 3. The summed E-state index contributed by atoms with van der Waals surface area (Å²) in [4.78, 5) is 35.9. The number of carboxylic acid groups (broad SMARTS) is 1. The van der Waals surface area contributed by atoms with Crippen LogP contribution in [0.3, 0.4) is 0 Å². The molecule has 1 unspecified atom stereocenters. The molecule has 9 heteroatoms. The van der Waals surface area contributed by atoms with E-state index >= 15 is 0 Å². The molecule has 2 aromatic carbocycles. The maximum atomic E-state index is 12.4. The molecule has 0 saturated carbocycles. The van der Waals surface area contributed by atoms with E-state index in [4.69, 9.17) is 4.74 Å². The van der Waals surface area contributed by atoms with Crippen LogP contribution >= 0.6 is 0 Å². The van der Waals surface area contributed by atoms with E-state index in [0.29, 0.717) is 25.7 Å². The minimum absolute atomic E-state index is 0.0772.